The Hall–Kier alpha value is -1.73. The zero-order valence-electron chi connectivity index (χ0n) is 11.5. The summed E-state index contributed by atoms with van der Waals surface area (Å²) in [5, 5.41) is 3.00. The third-order valence-electron chi connectivity index (χ3n) is 2.02. The molecule has 1 aromatic heterocycles. The number of carbonyl (C=O) groups excluding carboxylic acids is 1. The number of hydrogen-bond acceptors (Lipinski definition) is 3. The second-order valence-electron chi connectivity index (χ2n) is 4.98. The highest BCUT2D eigenvalue weighted by atomic mass is 35.5. The quantitative estimate of drug-likeness (QED) is 0.636. The fourth-order valence-electron chi connectivity index (χ4n) is 1.22. The van der Waals surface area contributed by atoms with Crippen LogP contribution in [-0.2, 0) is 4.74 Å². The number of aromatic nitrogens is 1. The number of ether oxygens (including phenoxy) is 1. The zero-order valence-corrected chi connectivity index (χ0v) is 12.3. The van der Waals surface area contributed by atoms with Gasteiger partial charge in [-0.25, -0.2) is 9.78 Å². The lowest BCUT2D eigenvalue weighted by Crippen LogP contribution is -2.32. The van der Waals surface area contributed by atoms with Crippen molar-refractivity contribution in [3.63, 3.8) is 0 Å². The third-order valence-corrected chi connectivity index (χ3v) is 2.23. The van der Waals surface area contributed by atoms with Gasteiger partial charge in [-0.1, -0.05) is 23.4 Å². The van der Waals surface area contributed by atoms with Crippen molar-refractivity contribution in [2.75, 3.05) is 6.54 Å². The molecule has 1 amide bonds. The van der Waals surface area contributed by atoms with Gasteiger partial charge in [0.1, 0.15) is 10.8 Å². The van der Waals surface area contributed by atoms with Gasteiger partial charge in [0.15, 0.2) is 0 Å². The summed E-state index contributed by atoms with van der Waals surface area (Å²) >= 11 is 5.75. The van der Waals surface area contributed by atoms with Gasteiger partial charge in [-0.2, -0.15) is 0 Å². The first kappa shape index (κ1) is 15.3. The maximum Gasteiger partial charge on any atom is 0.408 e. The van der Waals surface area contributed by atoms with Crippen LogP contribution < -0.4 is 5.32 Å². The Morgan fingerprint density at radius 2 is 2.21 bits per heavy atom. The molecule has 1 heterocycles. The molecule has 1 N–H and O–H groups in total. The van der Waals surface area contributed by atoms with Crippen molar-refractivity contribution in [1.82, 2.24) is 10.3 Å². The van der Waals surface area contributed by atoms with E-state index in [0.717, 1.165) is 11.1 Å². The fourth-order valence-corrected chi connectivity index (χ4v) is 1.43. The molecule has 0 aliphatic rings. The van der Waals surface area contributed by atoms with Gasteiger partial charge < -0.3 is 10.1 Å². The zero-order chi connectivity index (χ0) is 14.5. The first-order valence-corrected chi connectivity index (χ1v) is 6.23. The summed E-state index contributed by atoms with van der Waals surface area (Å²) in [6.45, 7) is 7.54. The SMILES string of the molecule is Cc1cc(Cl)ncc1C#CCNC(=O)OC(C)(C)C. The molecule has 0 aliphatic heterocycles. The minimum Gasteiger partial charge on any atom is -0.444 e. The van der Waals surface area contributed by atoms with Crippen molar-refractivity contribution in [3.8, 4) is 11.8 Å². The standard InChI is InChI=1S/C14H17ClN2O2/c1-10-8-12(15)17-9-11(10)6-5-7-16-13(18)19-14(2,3)4/h8-9H,7H2,1-4H3,(H,16,18). The molecule has 5 heteroatoms. The van der Waals surface area contributed by atoms with Crippen molar-refractivity contribution < 1.29 is 9.53 Å². The van der Waals surface area contributed by atoms with Gasteiger partial charge in [-0.05, 0) is 39.3 Å². The summed E-state index contributed by atoms with van der Waals surface area (Å²) in [7, 11) is 0. The van der Waals surface area contributed by atoms with Gasteiger partial charge in [0.25, 0.3) is 0 Å². The fraction of sp³-hybridized carbons (Fsp3) is 0.429. The number of hydrogen-bond donors (Lipinski definition) is 1. The predicted octanol–water partition coefficient (Wildman–Crippen LogP) is 2.92. The predicted molar refractivity (Wildman–Crippen MR) is 75.1 cm³/mol. The van der Waals surface area contributed by atoms with Crippen LogP contribution in [-0.4, -0.2) is 23.2 Å². The van der Waals surface area contributed by atoms with Crippen molar-refractivity contribution in [2.24, 2.45) is 0 Å². The number of carbonyl (C=O) groups is 1. The number of rotatable bonds is 1. The molecule has 102 valence electrons. The maximum atomic E-state index is 11.4. The first-order valence-electron chi connectivity index (χ1n) is 5.86. The molecule has 4 nitrogen and oxygen atoms in total. The van der Waals surface area contributed by atoms with Gasteiger partial charge in [-0.15, -0.1) is 0 Å². The van der Waals surface area contributed by atoms with E-state index in [1.807, 2.05) is 6.92 Å². The number of alkyl carbamates (subject to hydrolysis) is 1. The molecule has 0 fully saturated rings. The van der Waals surface area contributed by atoms with Gasteiger partial charge in [0.2, 0.25) is 0 Å². The average molecular weight is 281 g/mol. The molecular formula is C14H17ClN2O2. The van der Waals surface area contributed by atoms with E-state index in [-0.39, 0.29) is 6.54 Å². The van der Waals surface area contributed by atoms with Crippen LogP contribution >= 0.6 is 11.6 Å². The van der Waals surface area contributed by atoms with E-state index in [9.17, 15) is 4.79 Å². The highest BCUT2D eigenvalue weighted by molar-refractivity contribution is 6.29. The van der Waals surface area contributed by atoms with Crippen LogP contribution in [0, 0.1) is 18.8 Å². The number of aryl methyl sites for hydroxylation is 1. The van der Waals surface area contributed by atoms with Gasteiger partial charge in [-0.3, -0.25) is 0 Å². The molecule has 0 saturated heterocycles. The molecule has 0 spiro atoms. The second kappa shape index (κ2) is 6.44. The Labute approximate surface area is 118 Å². The first-order chi connectivity index (χ1) is 8.78. The van der Waals surface area contributed by atoms with Gasteiger partial charge in [0.05, 0.1) is 6.54 Å². The number of nitrogens with one attached hydrogen (secondary N) is 1. The van der Waals surface area contributed by atoms with Crippen LogP contribution in [0.3, 0.4) is 0 Å². The average Bonchev–Trinajstić information content (AvgIpc) is 2.24. The van der Waals surface area contributed by atoms with E-state index in [4.69, 9.17) is 16.3 Å². The third kappa shape index (κ3) is 6.12. The van der Waals surface area contributed by atoms with Crippen molar-refractivity contribution in [3.05, 3.63) is 28.5 Å². The van der Waals surface area contributed by atoms with Crippen LogP contribution in [0.25, 0.3) is 0 Å². The van der Waals surface area contributed by atoms with Crippen LogP contribution in [0.15, 0.2) is 12.3 Å². The lowest BCUT2D eigenvalue weighted by Gasteiger charge is -2.19. The molecule has 0 atom stereocenters. The van der Waals surface area contributed by atoms with E-state index in [0.29, 0.717) is 5.15 Å². The van der Waals surface area contributed by atoms with E-state index >= 15 is 0 Å². The molecule has 0 bridgehead atoms. The number of nitrogens with zero attached hydrogens (tertiary/aromatic N) is 1. The smallest absolute Gasteiger partial charge is 0.408 e. The minimum atomic E-state index is -0.506. The minimum absolute atomic E-state index is 0.219. The monoisotopic (exact) mass is 280 g/mol. The largest absolute Gasteiger partial charge is 0.444 e. The highest BCUT2D eigenvalue weighted by Crippen LogP contribution is 2.10. The normalized spacial score (nSPS) is 10.4. The molecule has 1 rings (SSSR count). The Morgan fingerprint density at radius 3 is 2.79 bits per heavy atom. The summed E-state index contributed by atoms with van der Waals surface area (Å²) in [6, 6.07) is 1.74. The van der Waals surface area contributed by atoms with Gasteiger partial charge in [0, 0.05) is 11.8 Å². The van der Waals surface area contributed by atoms with Crippen LogP contribution in [0.2, 0.25) is 5.15 Å². The molecule has 0 radical (unpaired) electrons. The topological polar surface area (TPSA) is 51.2 Å². The Morgan fingerprint density at radius 1 is 1.53 bits per heavy atom. The molecular weight excluding hydrogens is 264 g/mol. The van der Waals surface area contributed by atoms with Crippen LogP contribution in [0.4, 0.5) is 4.79 Å². The van der Waals surface area contributed by atoms with E-state index in [1.54, 1.807) is 33.0 Å². The van der Waals surface area contributed by atoms with E-state index in [2.05, 4.69) is 22.1 Å². The summed E-state index contributed by atoms with van der Waals surface area (Å²) in [5.74, 6) is 5.75. The molecule has 0 aliphatic carbocycles. The van der Waals surface area contributed by atoms with Gasteiger partial charge >= 0.3 is 6.09 Å². The van der Waals surface area contributed by atoms with E-state index < -0.39 is 11.7 Å². The maximum absolute atomic E-state index is 11.4. The number of halogens is 1. The Kier molecular flexibility index (Phi) is 5.20. The van der Waals surface area contributed by atoms with E-state index in [1.165, 1.54) is 0 Å². The summed E-state index contributed by atoms with van der Waals surface area (Å²) in [4.78, 5) is 15.3. The second-order valence-corrected chi connectivity index (χ2v) is 5.37. The summed E-state index contributed by atoms with van der Waals surface area (Å²) in [6.07, 6.45) is 1.13. The molecule has 0 saturated carbocycles. The molecule has 0 aromatic carbocycles. The molecule has 0 unspecified atom stereocenters. The Bertz CT molecular complexity index is 524. The number of amides is 1. The van der Waals surface area contributed by atoms with Crippen molar-refractivity contribution >= 4 is 17.7 Å². The Balaban J connectivity index is 2.50. The highest BCUT2D eigenvalue weighted by Gasteiger charge is 2.14. The number of pyridine rings is 1. The summed E-state index contributed by atoms with van der Waals surface area (Å²) in [5.41, 5.74) is 1.23. The van der Waals surface area contributed by atoms with Crippen LogP contribution in [0.1, 0.15) is 31.9 Å². The van der Waals surface area contributed by atoms with Crippen LogP contribution in [0.5, 0.6) is 0 Å². The van der Waals surface area contributed by atoms with Crippen molar-refractivity contribution in [2.45, 2.75) is 33.3 Å². The lowest BCUT2D eigenvalue weighted by atomic mass is 10.2. The molecule has 1 aromatic rings. The summed E-state index contributed by atoms with van der Waals surface area (Å²) < 4.78 is 5.08. The van der Waals surface area contributed by atoms with Crippen molar-refractivity contribution in [1.29, 1.82) is 0 Å². The lowest BCUT2D eigenvalue weighted by molar-refractivity contribution is 0.0535. The molecule has 19 heavy (non-hydrogen) atoms.